The van der Waals surface area contributed by atoms with Crippen LogP contribution in [-0.4, -0.2) is 9.97 Å². The number of para-hydroxylation sites is 1. The Morgan fingerprint density at radius 3 is 2.58 bits per heavy atom. The molecule has 118 valence electrons. The number of aromatic nitrogens is 2. The minimum Gasteiger partial charge on any atom is -0.339 e. The molecule has 0 saturated heterocycles. The fraction of sp³-hybridized carbons (Fsp3) is 0.100. The molecule has 0 fully saturated rings. The van der Waals surface area contributed by atoms with E-state index in [-0.39, 0.29) is 0 Å². The van der Waals surface area contributed by atoms with Gasteiger partial charge in [-0.2, -0.15) is 0 Å². The Labute approximate surface area is 145 Å². The van der Waals surface area contributed by atoms with Crippen LogP contribution in [0.3, 0.4) is 0 Å². The van der Waals surface area contributed by atoms with Gasteiger partial charge in [0.15, 0.2) is 0 Å². The Kier molecular flexibility index (Phi) is 3.97. The number of thiophene rings is 1. The predicted molar refractivity (Wildman–Crippen MR) is 102 cm³/mol. The Bertz CT molecular complexity index is 977. The summed E-state index contributed by atoms with van der Waals surface area (Å²) in [5.41, 5.74) is 4.74. The summed E-state index contributed by atoms with van der Waals surface area (Å²) in [6.07, 6.45) is 2.61. The number of fused-ring (bicyclic) bond motifs is 1. The molecule has 0 aliphatic heterocycles. The van der Waals surface area contributed by atoms with E-state index in [4.69, 9.17) is 0 Å². The molecule has 0 aliphatic carbocycles. The van der Waals surface area contributed by atoms with E-state index in [2.05, 4.69) is 70.1 Å². The Balaban J connectivity index is 1.86. The number of benzene rings is 2. The van der Waals surface area contributed by atoms with Crippen molar-refractivity contribution in [3.8, 4) is 11.1 Å². The molecule has 1 N–H and O–H groups in total. The summed E-state index contributed by atoms with van der Waals surface area (Å²) in [6.45, 7) is 2.16. The third kappa shape index (κ3) is 2.65. The van der Waals surface area contributed by atoms with Gasteiger partial charge in [0.1, 0.15) is 17.0 Å². The van der Waals surface area contributed by atoms with Crippen LogP contribution in [0.4, 0.5) is 11.5 Å². The van der Waals surface area contributed by atoms with Crippen LogP contribution < -0.4 is 5.32 Å². The second kappa shape index (κ2) is 6.42. The maximum Gasteiger partial charge on any atom is 0.143 e. The summed E-state index contributed by atoms with van der Waals surface area (Å²) in [5.74, 6) is 0.862. The lowest BCUT2D eigenvalue weighted by molar-refractivity contribution is 1.14. The van der Waals surface area contributed by atoms with E-state index in [0.717, 1.165) is 28.1 Å². The zero-order valence-corrected chi connectivity index (χ0v) is 14.2. The highest BCUT2D eigenvalue weighted by Gasteiger charge is 2.13. The van der Waals surface area contributed by atoms with E-state index in [0.29, 0.717) is 0 Å². The maximum absolute atomic E-state index is 4.52. The molecule has 0 saturated carbocycles. The quantitative estimate of drug-likeness (QED) is 0.524. The molecular weight excluding hydrogens is 314 g/mol. The average Bonchev–Trinajstić information content (AvgIpc) is 3.08. The van der Waals surface area contributed by atoms with Gasteiger partial charge in [0.2, 0.25) is 0 Å². The van der Waals surface area contributed by atoms with E-state index in [1.165, 1.54) is 16.7 Å². The summed E-state index contributed by atoms with van der Waals surface area (Å²) in [7, 11) is 0. The average molecular weight is 331 g/mol. The van der Waals surface area contributed by atoms with Crippen LogP contribution in [0.2, 0.25) is 0 Å². The van der Waals surface area contributed by atoms with Gasteiger partial charge in [0.05, 0.1) is 5.39 Å². The van der Waals surface area contributed by atoms with Crippen molar-refractivity contribution in [2.75, 3.05) is 5.32 Å². The van der Waals surface area contributed by atoms with Gasteiger partial charge in [0.25, 0.3) is 0 Å². The van der Waals surface area contributed by atoms with Gasteiger partial charge in [-0.1, -0.05) is 55.5 Å². The van der Waals surface area contributed by atoms with Gasteiger partial charge in [-0.05, 0) is 23.6 Å². The smallest absolute Gasteiger partial charge is 0.143 e. The lowest BCUT2D eigenvalue weighted by atomic mass is 10.1. The van der Waals surface area contributed by atoms with E-state index in [1.807, 2.05) is 12.1 Å². The van der Waals surface area contributed by atoms with Gasteiger partial charge in [-0.15, -0.1) is 11.3 Å². The molecule has 0 spiro atoms. The Hall–Kier alpha value is -2.72. The monoisotopic (exact) mass is 331 g/mol. The van der Waals surface area contributed by atoms with Gasteiger partial charge in [-0.25, -0.2) is 9.97 Å². The highest BCUT2D eigenvalue weighted by molar-refractivity contribution is 7.17. The SMILES string of the molecule is CCc1ccccc1Nc1ncnc2scc(-c3ccccc3)c12. The first-order valence-corrected chi connectivity index (χ1v) is 8.87. The van der Waals surface area contributed by atoms with E-state index in [1.54, 1.807) is 17.7 Å². The van der Waals surface area contributed by atoms with Crippen molar-refractivity contribution in [1.29, 1.82) is 0 Å². The summed E-state index contributed by atoms with van der Waals surface area (Å²) >= 11 is 1.65. The van der Waals surface area contributed by atoms with Crippen LogP contribution in [0.25, 0.3) is 21.3 Å². The number of anilines is 2. The zero-order valence-electron chi connectivity index (χ0n) is 13.4. The Morgan fingerprint density at radius 2 is 1.75 bits per heavy atom. The molecule has 0 amide bonds. The minimum absolute atomic E-state index is 0.862. The third-order valence-electron chi connectivity index (χ3n) is 4.11. The number of aryl methyl sites for hydroxylation is 1. The lowest BCUT2D eigenvalue weighted by Gasteiger charge is -2.11. The van der Waals surface area contributed by atoms with Gasteiger partial charge >= 0.3 is 0 Å². The zero-order chi connectivity index (χ0) is 16.4. The predicted octanol–water partition coefficient (Wildman–Crippen LogP) is 5.66. The topological polar surface area (TPSA) is 37.8 Å². The normalized spacial score (nSPS) is 10.9. The first-order chi connectivity index (χ1) is 11.9. The van der Waals surface area contributed by atoms with Gasteiger partial charge in [0, 0.05) is 16.6 Å². The number of hydrogen-bond donors (Lipinski definition) is 1. The van der Waals surface area contributed by atoms with Crippen LogP contribution in [-0.2, 0) is 6.42 Å². The molecule has 4 heteroatoms. The standard InChI is InChI=1S/C20H17N3S/c1-2-14-8-6-7-11-17(14)23-19-18-16(15-9-4-3-5-10-15)12-24-20(18)22-13-21-19/h3-13H,2H2,1H3,(H,21,22,23). The molecule has 0 bridgehead atoms. The molecule has 3 nitrogen and oxygen atoms in total. The second-order valence-electron chi connectivity index (χ2n) is 5.55. The second-order valence-corrected chi connectivity index (χ2v) is 6.41. The minimum atomic E-state index is 0.862. The van der Waals surface area contributed by atoms with Crippen molar-refractivity contribution in [3.05, 3.63) is 71.9 Å². The summed E-state index contributed by atoms with van der Waals surface area (Å²) < 4.78 is 0. The summed E-state index contributed by atoms with van der Waals surface area (Å²) in [6, 6.07) is 18.8. The molecule has 4 aromatic rings. The van der Waals surface area contributed by atoms with Crippen LogP contribution >= 0.6 is 11.3 Å². The first-order valence-electron chi connectivity index (χ1n) is 7.99. The number of rotatable bonds is 4. The molecule has 0 aliphatic rings. The number of nitrogens with zero attached hydrogens (tertiary/aromatic N) is 2. The van der Waals surface area contributed by atoms with Crippen LogP contribution in [0.15, 0.2) is 66.3 Å². The fourth-order valence-electron chi connectivity index (χ4n) is 2.88. The van der Waals surface area contributed by atoms with Crippen LogP contribution in [0.5, 0.6) is 0 Å². The highest BCUT2D eigenvalue weighted by atomic mass is 32.1. The van der Waals surface area contributed by atoms with Crippen molar-refractivity contribution >= 4 is 33.1 Å². The van der Waals surface area contributed by atoms with E-state index in [9.17, 15) is 0 Å². The number of hydrogen-bond acceptors (Lipinski definition) is 4. The van der Waals surface area contributed by atoms with Crippen molar-refractivity contribution in [2.24, 2.45) is 0 Å². The third-order valence-corrected chi connectivity index (χ3v) is 4.99. The van der Waals surface area contributed by atoms with Crippen molar-refractivity contribution in [3.63, 3.8) is 0 Å². The molecule has 2 aromatic heterocycles. The largest absolute Gasteiger partial charge is 0.339 e. The molecule has 0 atom stereocenters. The summed E-state index contributed by atoms with van der Waals surface area (Å²) in [4.78, 5) is 9.96. The van der Waals surface area contributed by atoms with Gasteiger partial charge in [-0.3, -0.25) is 0 Å². The Morgan fingerprint density at radius 1 is 0.958 bits per heavy atom. The number of nitrogens with one attached hydrogen (secondary N) is 1. The van der Waals surface area contributed by atoms with E-state index < -0.39 is 0 Å². The van der Waals surface area contributed by atoms with Crippen molar-refractivity contribution in [1.82, 2.24) is 9.97 Å². The fourth-order valence-corrected chi connectivity index (χ4v) is 3.79. The molecular formula is C20H17N3S. The van der Waals surface area contributed by atoms with E-state index >= 15 is 0 Å². The first kappa shape index (κ1) is 14.8. The molecule has 24 heavy (non-hydrogen) atoms. The maximum atomic E-state index is 4.52. The van der Waals surface area contributed by atoms with Crippen molar-refractivity contribution in [2.45, 2.75) is 13.3 Å². The van der Waals surface area contributed by atoms with Gasteiger partial charge < -0.3 is 5.32 Å². The summed E-state index contributed by atoms with van der Waals surface area (Å²) in [5, 5.41) is 6.76. The molecule has 2 heterocycles. The van der Waals surface area contributed by atoms with Crippen molar-refractivity contribution < 1.29 is 0 Å². The van der Waals surface area contributed by atoms with Crippen LogP contribution in [0.1, 0.15) is 12.5 Å². The highest BCUT2D eigenvalue weighted by Crippen LogP contribution is 2.37. The molecule has 2 aromatic carbocycles. The molecule has 0 radical (unpaired) electrons. The lowest BCUT2D eigenvalue weighted by Crippen LogP contribution is -1.98. The van der Waals surface area contributed by atoms with Crippen LogP contribution in [0, 0.1) is 0 Å². The molecule has 0 unspecified atom stereocenters. The molecule has 4 rings (SSSR count).